The minimum atomic E-state index is -0.750. The average Bonchev–Trinajstić information content (AvgIpc) is 3.80. The Morgan fingerprint density at radius 1 is 0.500 bits per heavy atom. The van der Waals surface area contributed by atoms with Crippen molar-refractivity contribution in [3.8, 4) is 0 Å². The van der Waals surface area contributed by atoms with Gasteiger partial charge in [0.25, 0.3) is 0 Å². The van der Waals surface area contributed by atoms with Gasteiger partial charge in [-0.2, -0.15) is 0 Å². The Hall–Kier alpha value is -2.32. The number of hydrogen-bond donors (Lipinski definition) is 0. The summed E-state index contributed by atoms with van der Waals surface area (Å²) in [6, 6.07) is -0.750. The zero-order valence-electron chi connectivity index (χ0n) is 45.8. The van der Waals surface area contributed by atoms with Gasteiger partial charge in [-0.3, -0.25) is 19.3 Å². The molecule has 3 unspecified atom stereocenters. The number of likely N-dealkylation sites (N-methyl/N-ethyl adjacent to an activating group) is 1. The lowest BCUT2D eigenvalue weighted by molar-refractivity contribution is -0.160. The standard InChI is InChI=1S/C57H107N3O10/c1-6-10-14-18-21-27-33-50(32-26-17-13-9-4)56(63)69-45-31-25-24-28-42-65-51-48-52(57(64)70-47-41-59-39-37-58(5)38-40-59)60(49-51)53(61)36-46-66-54(62)34-35-55(67-43-29-22-19-15-11-7-2)68-44-30-23-20-16-12-8-3/h50-52,55H,6-49H2,1-5H3. The predicted molar refractivity (Wildman–Crippen MR) is 282 cm³/mol. The quantitative estimate of drug-likeness (QED) is 0.0249. The summed E-state index contributed by atoms with van der Waals surface area (Å²) in [6.07, 6.45) is 31.6. The lowest BCUT2D eigenvalue weighted by Crippen LogP contribution is -2.46. The van der Waals surface area contributed by atoms with Crippen LogP contribution < -0.4 is 0 Å². The molecule has 2 fully saturated rings. The van der Waals surface area contributed by atoms with E-state index in [2.05, 4.69) is 44.5 Å². The third kappa shape index (κ3) is 32.7. The van der Waals surface area contributed by atoms with Crippen molar-refractivity contribution < 1.29 is 47.6 Å². The molecule has 13 nitrogen and oxygen atoms in total. The summed E-state index contributed by atoms with van der Waals surface area (Å²) in [5, 5.41) is 0. The SMILES string of the molecule is CCCCCCCCOC(CCC(=O)OCCC(=O)N1CC(OCCCCCCOC(=O)C(CCCCCC)CCCCCCCC)CC1C(=O)OCCN1CCN(C)CC1)OCCCCCCCC. The van der Waals surface area contributed by atoms with Crippen LogP contribution in [0.1, 0.15) is 233 Å². The molecule has 0 N–H and O–H groups in total. The number of rotatable bonds is 47. The van der Waals surface area contributed by atoms with Crippen molar-refractivity contribution in [2.24, 2.45) is 5.92 Å². The fourth-order valence-electron chi connectivity index (χ4n) is 9.44. The molecule has 0 aromatic carbocycles. The first-order chi connectivity index (χ1) is 34.2. The average molecular weight is 994 g/mol. The Balaban J connectivity index is 1.82. The van der Waals surface area contributed by atoms with Gasteiger partial charge < -0.3 is 38.2 Å². The molecule has 2 aliphatic heterocycles. The minimum Gasteiger partial charge on any atom is -0.465 e. The van der Waals surface area contributed by atoms with E-state index < -0.39 is 24.3 Å². The zero-order chi connectivity index (χ0) is 50.7. The van der Waals surface area contributed by atoms with E-state index in [0.29, 0.717) is 45.8 Å². The summed E-state index contributed by atoms with van der Waals surface area (Å²) in [7, 11) is 2.11. The smallest absolute Gasteiger partial charge is 0.329 e. The molecule has 3 atom stereocenters. The second-order valence-electron chi connectivity index (χ2n) is 20.5. The number of ether oxygens (including phenoxy) is 6. The maximum absolute atomic E-state index is 13.7. The number of piperazine rings is 1. The van der Waals surface area contributed by atoms with Crippen LogP contribution in [0, 0.1) is 5.92 Å². The maximum atomic E-state index is 13.7. The van der Waals surface area contributed by atoms with E-state index in [0.717, 1.165) is 103 Å². The van der Waals surface area contributed by atoms with Crippen molar-refractivity contribution in [2.45, 2.75) is 252 Å². The number of likely N-dealkylation sites (tertiary alicyclic amines) is 1. The molecule has 2 saturated heterocycles. The Kier molecular flexibility index (Phi) is 40.3. The van der Waals surface area contributed by atoms with Gasteiger partial charge in [0.1, 0.15) is 19.3 Å². The van der Waals surface area contributed by atoms with Gasteiger partial charge in [0.05, 0.1) is 31.5 Å². The molecule has 1 amide bonds. The normalized spacial score (nSPS) is 17.1. The molecule has 13 heteroatoms. The van der Waals surface area contributed by atoms with Crippen molar-refractivity contribution in [3.63, 3.8) is 0 Å². The third-order valence-corrected chi connectivity index (χ3v) is 14.2. The van der Waals surface area contributed by atoms with Crippen molar-refractivity contribution in [1.29, 1.82) is 0 Å². The lowest BCUT2D eigenvalue weighted by atomic mass is 9.94. The van der Waals surface area contributed by atoms with Crippen LogP contribution in [0.5, 0.6) is 0 Å². The summed E-state index contributed by atoms with van der Waals surface area (Å²) >= 11 is 0. The largest absolute Gasteiger partial charge is 0.465 e. The van der Waals surface area contributed by atoms with E-state index in [1.165, 1.54) is 103 Å². The highest BCUT2D eigenvalue weighted by molar-refractivity contribution is 5.85. The van der Waals surface area contributed by atoms with Crippen LogP contribution >= 0.6 is 0 Å². The van der Waals surface area contributed by atoms with Crippen LogP contribution in [0.3, 0.4) is 0 Å². The molecule has 0 radical (unpaired) electrons. The Labute approximate surface area is 428 Å². The molecule has 0 saturated carbocycles. The maximum Gasteiger partial charge on any atom is 0.329 e. The molecule has 0 aromatic heterocycles. The van der Waals surface area contributed by atoms with E-state index in [-0.39, 0.29) is 56.5 Å². The third-order valence-electron chi connectivity index (χ3n) is 14.2. The van der Waals surface area contributed by atoms with Crippen LogP contribution in [0.4, 0.5) is 0 Å². The van der Waals surface area contributed by atoms with E-state index in [4.69, 9.17) is 28.4 Å². The molecule has 2 aliphatic rings. The second-order valence-corrected chi connectivity index (χ2v) is 20.5. The second kappa shape index (κ2) is 44.2. The van der Waals surface area contributed by atoms with Crippen LogP contribution in [-0.2, 0) is 47.6 Å². The molecular weight excluding hydrogens is 887 g/mol. The van der Waals surface area contributed by atoms with Gasteiger partial charge in [0, 0.05) is 71.9 Å². The van der Waals surface area contributed by atoms with Crippen molar-refractivity contribution in [2.75, 3.05) is 86.0 Å². The van der Waals surface area contributed by atoms with E-state index in [1.807, 2.05) is 0 Å². The number of carbonyl (C=O) groups is 4. The Morgan fingerprint density at radius 3 is 1.57 bits per heavy atom. The highest BCUT2D eigenvalue weighted by Crippen LogP contribution is 2.24. The molecule has 0 aromatic rings. The predicted octanol–water partition coefficient (Wildman–Crippen LogP) is 12.0. The number of nitrogens with zero attached hydrogens (tertiary/aromatic N) is 3. The first-order valence-electron chi connectivity index (χ1n) is 29.3. The zero-order valence-corrected chi connectivity index (χ0v) is 45.8. The van der Waals surface area contributed by atoms with Crippen molar-refractivity contribution in [3.05, 3.63) is 0 Å². The van der Waals surface area contributed by atoms with Crippen LogP contribution in [0.25, 0.3) is 0 Å². The number of hydrogen-bond acceptors (Lipinski definition) is 12. The first kappa shape index (κ1) is 63.8. The van der Waals surface area contributed by atoms with Gasteiger partial charge in [-0.25, -0.2) is 4.79 Å². The highest BCUT2D eigenvalue weighted by atomic mass is 16.7. The molecule has 0 spiro atoms. The molecule has 410 valence electrons. The first-order valence-corrected chi connectivity index (χ1v) is 29.3. The van der Waals surface area contributed by atoms with Gasteiger partial charge in [-0.05, 0) is 52.0 Å². The fraction of sp³-hybridized carbons (Fsp3) is 0.930. The molecule has 0 aliphatic carbocycles. The summed E-state index contributed by atoms with van der Waals surface area (Å²) < 4.78 is 35.6. The van der Waals surface area contributed by atoms with E-state index in [9.17, 15) is 19.2 Å². The summed E-state index contributed by atoms with van der Waals surface area (Å²) in [4.78, 5) is 59.4. The fourth-order valence-corrected chi connectivity index (χ4v) is 9.44. The number of unbranched alkanes of at least 4 members (excludes halogenated alkanes) is 21. The van der Waals surface area contributed by atoms with E-state index >= 15 is 0 Å². The van der Waals surface area contributed by atoms with Crippen LogP contribution in [0.2, 0.25) is 0 Å². The number of esters is 3. The molecular formula is C57H107N3O10. The van der Waals surface area contributed by atoms with Gasteiger partial charge in [-0.15, -0.1) is 0 Å². The number of carbonyl (C=O) groups excluding carboxylic acids is 4. The summed E-state index contributed by atoms with van der Waals surface area (Å²) in [5.74, 6) is -1.06. The highest BCUT2D eigenvalue weighted by Gasteiger charge is 2.41. The van der Waals surface area contributed by atoms with Crippen molar-refractivity contribution in [1.82, 2.24) is 14.7 Å². The molecule has 70 heavy (non-hydrogen) atoms. The lowest BCUT2D eigenvalue weighted by Gasteiger charge is -2.32. The molecule has 2 heterocycles. The molecule has 0 bridgehead atoms. The minimum absolute atomic E-state index is 0.0173. The summed E-state index contributed by atoms with van der Waals surface area (Å²) in [5.41, 5.74) is 0. The summed E-state index contributed by atoms with van der Waals surface area (Å²) in [6.45, 7) is 16.0. The number of amides is 1. The molecule has 2 rings (SSSR count). The van der Waals surface area contributed by atoms with Gasteiger partial charge >= 0.3 is 17.9 Å². The van der Waals surface area contributed by atoms with Gasteiger partial charge in [-0.1, -0.05) is 163 Å². The van der Waals surface area contributed by atoms with E-state index in [1.54, 1.807) is 4.90 Å². The Bertz CT molecular complexity index is 1260. The van der Waals surface area contributed by atoms with Gasteiger partial charge in [0.2, 0.25) is 5.91 Å². The van der Waals surface area contributed by atoms with Gasteiger partial charge in [0.15, 0.2) is 6.29 Å². The Morgan fingerprint density at radius 2 is 1.00 bits per heavy atom. The topological polar surface area (TPSA) is 133 Å². The van der Waals surface area contributed by atoms with Crippen LogP contribution in [0.15, 0.2) is 0 Å². The van der Waals surface area contributed by atoms with Crippen LogP contribution in [-0.4, -0.2) is 143 Å². The monoisotopic (exact) mass is 994 g/mol. The van der Waals surface area contributed by atoms with Crippen molar-refractivity contribution >= 4 is 23.8 Å².